The zero-order chi connectivity index (χ0) is 11.1. The van der Waals surface area contributed by atoms with Crippen molar-refractivity contribution in [3.05, 3.63) is 10.3 Å². The summed E-state index contributed by atoms with van der Waals surface area (Å²) < 4.78 is 10.8. The summed E-state index contributed by atoms with van der Waals surface area (Å²) in [5.74, 6) is 0.399. The molecule has 0 bridgehead atoms. The van der Waals surface area contributed by atoms with Gasteiger partial charge in [0.15, 0.2) is 11.5 Å². The summed E-state index contributed by atoms with van der Waals surface area (Å²) >= 11 is 1.37. The van der Waals surface area contributed by atoms with Gasteiger partial charge in [0.2, 0.25) is 0 Å². The van der Waals surface area contributed by atoms with Crippen LogP contribution in [0.5, 0.6) is 11.5 Å². The van der Waals surface area contributed by atoms with Gasteiger partial charge >= 0.3 is 5.97 Å². The molecule has 0 atom stereocenters. The largest absolute Gasteiger partial charge is 0.485 e. The lowest BCUT2D eigenvalue weighted by Gasteiger charge is -2.22. The van der Waals surface area contributed by atoms with Crippen LogP contribution in [-0.2, 0) is 10.2 Å². The standard InChI is InChI=1S/C10H12O4S/c1-10(2,9(11)12)8-7-6(5-15-8)13-3-4-14-7/h5H,3-4H2,1-2H3,(H,11,12). The number of hydrogen-bond acceptors (Lipinski definition) is 4. The second-order valence-electron chi connectivity index (χ2n) is 3.89. The number of aliphatic carboxylic acids is 1. The number of thiophene rings is 1. The van der Waals surface area contributed by atoms with Crippen molar-refractivity contribution in [1.82, 2.24) is 0 Å². The van der Waals surface area contributed by atoms with Gasteiger partial charge < -0.3 is 14.6 Å². The molecule has 5 heteroatoms. The Morgan fingerprint density at radius 2 is 2.13 bits per heavy atom. The van der Waals surface area contributed by atoms with E-state index < -0.39 is 11.4 Å². The summed E-state index contributed by atoms with van der Waals surface area (Å²) in [7, 11) is 0. The van der Waals surface area contributed by atoms with Crippen molar-refractivity contribution < 1.29 is 19.4 Å². The summed E-state index contributed by atoms with van der Waals surface area (Å²) in [6.45, 7) is 4.34. The zero-order valence-corrected chi connectivity index (χ0v) is 9.39. The maximum absolute atomic E-state index is 11.1. The molecule has 0 saturated carbocycles. The summed E-state index contributed by atoms with van der Waals surface area (Å²) in [5.41, 5.74) is -0.932. The number of fused-ring (bicyclic) bond motifs is 1. The Bertz CT molecular complexity index is 394. The third kappa shape index (κ3) is 1.56. The Balaban J connectivity index is 2.45. The van der Waals surface area contributed by atoms with Gasteiger partial charge in [0, 0.05) is 5.38 Å². The predicted octanol–water partition coefficient (Wildman–Crippen LogP) is 1.88. The SMILES string of the molecule is CC(C)(C(=O)O)c1scc2c1OCCO2. The van der Waals surface area contributed by atoms with Crippen LogP contribution in [0.3, 0.4) is 0 Å². The molecule has 4 nitrogen and oxygen atoms in total. The molecule has 0 saturated heterocycles. The Morgan fingerprint density at radius 1 is 1.47 bits per heavy atom. The van der Waals surface area contributed by atoms with Crippen LogP contribution < -0.4 is 9.47 Å². The van der Waals surface area contributed by atoms with E-state index in [2.05, 4.69) is 0 Å². The van der Waals surface area contributed by atoms with E-state index in [-0.39, 0.29) is 0 Å². The molecule has 0 spiro atoms. The van der Waals surface area contributed by atoms with Crippen LogP contribution in [0.1, 0.15) is 18.7 Å². The van der Waals surface area contributed by atoms with Crippen molar-refractivity contribution in [2.24, 2.45) is 0 Å². The van der Waals surface area contributed by atoms with Gasteiger partial charge in [0.1, 0.15) is 18.6 Å². The molecule has 1 aromatic heterocycles. The zero-order valence-electron chi connectivity index (χ0n) is 8.57. The number of hydrogen-bond donors (Lipinski definition) is 1. The molecule has 2 heterocycles. The molecule has 1 N–H and O–H groups in total. The average molecular weight is 228 g/mol. The van der Waals surface area contributed by atoms with Crippen LogP contribution in [0.4, 0.5) is 0 Å². The molecular formula is C10H12O4S. The van der Waals surface area contributed by atoms with Gasteiger partial charge in [-0.05, 0) is 13.8 Å². The Hall–Kier alpha value is -1.23. The van der Waals surface area contributed by atoms with Crippen LogP contribution in [0.2, 0.25) is 0 Å². The maximum Gasteiger partial charge on any atom is 0.314 e. The van der Waals surface area contributed by atoms with E-state index in [1.54, 1.807) is 19.2 Å². The predicted molar refractivity (Wildman–Crippen MR) is 56.0 cm³/mol. The van der Waals surface area contributed by atoms with Gasteiger partial charge in [0.05, 0.1) is 4.88 Å². The van der Waals surface area contributed by atoms with Crippen molar-refractivity contribution in [2.75, 3.05) is 13.2 Å². The highest BCUT2D eigenvalue weighted by Gasteiger charge is 2.36. The first-order valence-electron chi connectivity index (χ1n) is 4.64. The van der Waals surface area contributed by atoms with Crippen LogP contribution >= 0.6 is 11.3 Å². The van der Waals surface area contributed by atoms with Crippen molar-refractivity contribution >= 4 is 17.3 Å². The summed E-state index contributed by atoms with van der Waals surface area (Å²) in [6.07, 6.45) is 0. The Kier molecular flexibility index (Phi) is 2.34. The van der Waals surface area contributed by atoms with E-state index in [1.807, 2.05) is 0 Å². The number of carboxylic acid groups (broad SMARTS) is 1. The lowest BCUT2D eigenvalue weighted by Crippen LogP contribution is -2.28. The number of rotatable bonds is 2. The first kappa shape index (κ1) is 10.3. The third-order valence-corrected chi connectivity index (χ3v) is 3.67. The van der Waals surface area contributed by atoms with Crippen molar-refractivity contribution in [1.29, 1.82) is 0 Å². The minimum atomic E-state index is -0.932. The molecule has 0 fully saturated rings. The molecule has 1 aliphatic rings. The molecule has 2 rings (SSSR count). The van der Waals surface area contributed by atoms with Crippen molar-refractivity contribution in [3.63, 3.8) is 0 Å². The van der Waals surface area contributed by atoms with Gasteiger partial charge in [0.25, 0.3) is 0 Å². The minimum absolute atomic E-state index is 0.479. The molecule has 0 radical (unpaired) electrons. The fraction of sp³-hybridized carbons (Fsp3) is 0.500. The normalized spacial score (nSPS) is 15.1. The van der Waals surface area contributed by atoms with Crippen LogP contribution in [0.25, 0.3) is 0 Å². The quantitative estimate of drug-likeness (QED) is 0.839. The van der Waals surface area contributed by atoms with Crippen molar-refractivity contribution in [2.45, 2.75) is 19.3 Å². The van der Waals surface area contributed by atoms with Gasteiger partial charge in [-0.25, -0.2) is 0 Å². The highest BCUT2D eigenvalue weighted by Crippen LogP contribution is 2.45. The highest BCUT2D eigenvalue weighted by molar-refractivity contribution is 7.11. The fourth-order valence-electron chi connectivity index (χ4n) is 1.39. The second kappa shape index (κ2) is 3.41. The third-order valence-electron chi connectivity index (χ3n) is 2.40. The molecule has 1 aliphatic heterocycles. The second-order valence-corrected chi connectivity index (χ2v) is 4.76. The number of carbonyl (C=O) groups is 1. The van der Waals surface area contributed by atoms with E-state index in [1.165, 1.54) is 11.3 Å². The Labute approximate surface area is 91.4 Å². The molecule has 0 unspecified atom stereocenters. The molecule has 1 aromatic rings. The summed E-state index contributed by atoms with van der Waals surface area (Å²) in [4.78, 5) is 11.8. The molecule has 15 heavy (non-hydrogen) atoms. The van der Waals surface area contributed by atoms with Gasteiger partial charge in [-0.15, -0.1) is 11.3 Å². The maximum atomic E-state index is 11.1. The monoisotopic (exact) mass is 228 g/mol. The molecular weight excluding hydrogens is 216 g/mol. The molecule has 0 amide bonds. The van der Waals surface area contributed by atoms with Gasteiger partial charge in [-0.2, -0.15) is 0 Å². The smallest absolute Gasteiger partial charge is 0.314 e. The van der Waals surface area contributed by atoms with Crippen LogP contribution in [0.15, 0.2) is 5.38 Å². The van der Waals surface area contributed by atoms with E-state index in [9.17, 15) is 4.79 Å². The first-order valence-corrected chi connectivity index (χ1v) is 5.52. The molecule has 0 aliphatic carbocycles. The van der Waals surface area contributed by atoms with E-state index in [4.69, 9.17) is 14.6 Å². The van der Waals surface area contributed by atoms with Crippen molar-refractivity contribution in [3.8, 4) is 11.5 Å². The number of ether oxygens (including phenoxy) is 2. The topological polar surface area (TPSA) is 55.8 Å². The summed E-state index contributed by atoms with van der Waals surface area (Å²) in [5, 5.41) is 10.9. The average Bonchev–Trinajstić information content (AvgIpc) is 2.61. The van der Waals surface area contributed by atoms with Crippen LogP contribution in [0, 0.1) is 0 Å². The lowest BCUT2D eigenvalue weighted by atomic mass is 9.91. The number of carboxylic acids is 1. The van der Waals surface area contributed by atoms with E-state index >= 15 is 0 Å². The van der Waals surface area contributed by atoms with E-state index in [0.717, 1.165) is 0 Å². The fourth-order valence-corrected chi connectivity index (χ4v) is 2.44. The first-order chi connectivity index (χ1) is 7.03. The Morgan fingerprint density at radius 3 is 2.80 bits per heavy atom. The van der Waals surface area contributed by atoms with Crippen LogP contribution in [-0.4, -0.2) is 24.3 Å². The van der Waals surface area contributed by atoms with E-state index in [0.29, 0.717) is 29.6 Å². The van der Waals surface area contributed by atoms with Gasteiger partial charge in [-0.3, -0.25) is 4.79 Å². The molecule has 0 aromatic carbocycles. The minimum Gasteiger partial charge on any atom is -0.485 e. The highest BCUT2D eigenvalue weighted by atomic mass is 32.1. The van der Waals surface area contributed by atoms with Gasteiger partial charge in [-0.1, -0.05) is 0 Å². The lowest BCUT2D eigenvalue weighted by molar-refractivity contribution is -0.142. The molecule has 82 valence electrons. The summed E-state index contributed by atoms with van der Waals surface area (Å²) in [6, 6.07) is 0.